The first kappa shape index (κ1) is 21.5. The average Bonchev–Trinajstić information content (AvgIpc) is 2.66. The van der Waals surface area contributed by atoms with E-state index in [0.717, 1.165) is 17.6 Å². The number of rotatable bonds is 9. The molecular formula is C21H26N2O4S. The number of benzene rings is 2. The molecule has 0 saturated carbocycles. The molecule has 0 aliphatic carbocycles. The Morgan fingerprint density at radius 2 is 1.79 bits per heavy atom. The van der Waals surface area contributed by atoms with E-state index in [4.69, 9.17) is 4.74 Å². The van der Waals surface area contributed by atoms with E-state index >= 15 is 0 Å². The molecule has 0 spiro atoms. The Labute approximate surface area is 166 Å². The number of hydrogen-bond acceptors (Lipinski definition) is 4. The molecule has 1 atom stereocenters. The molecule has 1 N–H and O–H groups in total. The van der Waals surface area contributed by atoms with Gasteiger partial charge < -0.3 is 10.1 Å². The maximum atomic E-state index is 12.5. The summed E-state index contributed by atoms with van der Waals surface area (Å²) >= 11 is 0. The van der Waals surface area contributed by atoms with Crippen LogP contribution in [0.5, 0.6) is 5.75 Å². The fraction of sp³-hybridized carbons (Fsp3) is 0.286. The lowest BCUT2D eigenvalue weighted by molar-refractivity contribution is 0.0940. The number of nitrogens with one attached hydrogen (secondary N) is 1. The Kier molecular flexibility index (Phi) is 7.23. The maximum Gasteiger partial charge on any atom is 0.251 e. The predicted octanol–water partition coefficient (Wildman–Crippen LogP) is 3.53. The molecule has 2 aromatic carbocycles. The fourth-order valence-corrected chi connectivity index (χ4v) is 3.59. The molecule has 0 bridgehead atoms. The van der Waals surface area contributed by atoms with Crippen molar-refractivity contribution in [2.75, 3.05) is 23.7 Å². The second-order valence-corrected chi connectivity index (χ2v) is 8.23. The number of anilines is 1. The zero-order chi connectivity index (χ0) is 20.7. The molecule has 0 saturated heterocycles. The summed E-state index contributed by atoms with van der Waals surface area (Å²) in [6, 6.07) is 13.8. The molecule has 0 radical (unpaired) electrons. The predicted molar refractivity (Wildman–Crippen MR) is 112 cm³/mol. The topological polar surface area (TPSA) is 75.7 Å². The van der Waals surface area contributed by atoms with Crippen LogP contribution in [0.3, 0.4) is 0 Å². The highest BCUT2D eigenvalue weighted by Crippen LogP contribution is 2.20. The van der Waals surface area contributed by atoms with Gasteiger partial charge in [0.25, 0.3) is 5.91 Å². The van der Waals surface area contributed by atoms with Gasteiger partial charge in [-0.1, -0.05) is 18.2 Å². The van der Waals surface area contributed by atoms with E-state index in [1.54, 1.807) is 24.3 Å². The molecule has 0 aliphatic heterocycles. The summed E-state index contributed by atoms with van der Waals surface area (Å²) in [6.45, 7) is 8.18. The molecule has 1 amide bonds. The van der Waals surface area contributed by atoms with E-state index in [-0.39, 0.29) is 18.5 Å². The van der Waals surface area contributed by atoms with E-state index in [1.165, 1.54) is 10.4 Å². The smallest absolute Gasteiger partial charge is 0.251 e. The van der Waals surface area contributed by atoms with Gasteiger partial charge in [-0.2, -0.15) is 0 Å². The highest BCUT2D eigenvalue weighted by Gasteiger charge is 2.17. The lowest BCUT2D eigenvalue weighted by Gasteiger charge is -2.21. The Balaban J connectivity index is 2.08. The first-order valence-corrected chi connectivity index (χ1v) is 10.8. The molecule has 0 heterocycles. The number of sulfonamides is 1. The Bertz CT molecular complexity index is 906. The molecule has 0 aromatic heterocycles. The number of carbonyl (C=O) groups is 1. The Morgan fingerprint density at radius 3 is 2.29 bits per heavy atom. The van der Waals surface area contributed by atoms with Gasteiger partial charge in [-0.25, -0.2) is 8.42 Å². The van der Waals surface area contributed by atoms with Crippen LogP contribution in [0, 0.1) is 0 Å². The van der Waals surface area contributed by atoms with Gasteiger partial charge in [-0.3, -0.25) is 9.10 Å². The van der Waals surface area contributed by atoms with E-state index in [2.05, 4.69) is 11.9 Å². The Hall–Kier alpha value is -2.80. The van der Waals surface area contributed by atoms with Crippen LogP contribution in [0.25, 0.3) is 0 Å². The number of hydrogen-bond donors (Lipinski definition) is 1. The van der Waals surface area contributed by atoms with Crippen molar-refractivity contribution in [1.29, 1.82) is 0 Å². The van der Waals surface area contributed by atoms with Crippen LogP contribution < -0.4 is 14.4 Å². The van der Waals surface area contributed by atoms with Gasteiger partial charge in [0, 0.05) is 5.56 Å². The van der Waals surface area contributed by atoms with Crippen LogP contribution in [0.2, 0.25) is 0 Å². The lowest BCUT2D eigenvalue weighted by atomic mass is 10.1. The van der Waals surface area contributed by atoms with E-state index in [1.807, 2.05) is 38.1 Å². The van der Waals surface area contributed by atoms with Gasteiger partial charge in [-0.15, -0.1) is 6.58 Å². The summed E-state index contributed by atoms with van der Waals surface area (Å²) in [5.41, 5.74) is 1.90. The SMILES string of the molecule is C=CCN(c1ccc(C(=O)N[C@H](C)c2ccc(OCC)cc2)cc1)S(C)(=O)=O. The zero-order valence-corrected chi connectivity index (χ0v) is 17.2. The van der Waals surface area contributed by atoms with Crippen LogP contribution in [0.4, 0.5) is 5.69 Å². The van der Waals surface area contributed by atoms with Gasteiger partial charge >= 0.3 is 0 Å². The van der Waals surface area contributed by atoms with E-state index in [0.29, 0.717) is 17.9 Å². The summed E-state index contributed by atoms with van der Waals surface area (Å²) in [7, 11) is -3.42. The molecule has 28 heavy (non-hydrogen) atoms. The third kappa shape index (κ3) is 5.60. The first-order chi connectivity index (χ1) is 13.3. The number of amides is 1. The minimum absolute atomic E-state index is 0.166. The van der Waals surface area contributed by atoms with Gasteiger partial charge in [0.05, 0.1) is 31.1 Å². The van der Waals surface area contributed by atoms with Crippen LogP contribution in [0.15, 0.2) is 61.2 Å². The minimum atomic E-state index is -3.42. The van der Waals surface area contributed by atoms with Crippen molar-refractivity contribution in [3.05, 3.63) is 72.3 Å². The lowest BCUT2D eigenvalue weighted by Crippen LogP contribution is -2.30. The van der Waals surface area contributed by atoms with Crippen molar-refractivity contribution in [2.45, 2.75) is 19.9 Å². The summed E-state index contributed by atoms with van der Waals surface area (Å²) in [5.74, 6) is 0.554. The van der Waals surface area contributed by atoms with Gasteiger partial charge in [0.1, 0.15) is 5.75 Å². The normalized spacial score (nSPS) is 12.1. The molecule has 0 fully saturated rings. The molecule has 0 unspecified atom stereocenters. The molecule has 150 valence electrons. The third-order valence-corrected chi connectivity index (χ3v) is 5.31. The second kappa shape index (κ2) is 9.41. The van der Waals surface area contributed by atoms with Crippen LogP contribution in [0.1, 0.15) is 35.8 Å². The van der Waals surface area contributed by atoms with Crippen molar-refractivity contribution in [3.8, 4) is 5.75 Å². The molecule has 0 aliphatic rings. The summed E-state index contributed by atoms with van der Waals surface area (Å²) in [4.78, 5) is 12.5. The highest BCUT2D eigenvalue weighted by atomic mass is 32.2. The summed E-state index contributed by atoms with van der Waals surface area (Å²) in [5, 5.41) is 2.94. The molecule has 6 nitrogen and oxygen atoms in total. The average molecular weight is 403 g/mol. The first-order valence-electron chi connectivity index (χ1n) is 8.98. The van der Waals surface area contributed by atoms with Gasteiger partial charge in [-0.05, 0) is 55.8 Å². The fourth-order valence-electron chi connectivity index (χ4n) is 2.71. The maximum absolute atomic E-state index is 12.5. The Morgan fingerprint density at radius 1 is 1.18 bits per heavy atom. The van der Waals surface area contributed by atoms with Crippen molar-refractivity contribution >= 4 is 21.6 Å². The molecule has 2 aromatic rings. The van der Waals surface area contributed by atoms with Crippen LogP contribution in [-0.2, 0) is 10.0 Å². The highest BCUT2D eigenvalue weighted by molar-refractivity contribution is 7.92. The van der Waals surface area contributed by atoms with Crippen molar-refractivity contribution in [3.63, 3.8) is 0 Å². The quantitative estimate of drug-likeness (QED) is 0.651. The zero-order valence-electron chi connectivity index (χ0n) is 16.4. The third-order valence-electron chi connectivity index (χ3n) is 4.15. The molecular weight excluding hydrogens is 376 g/mol. The van der Waals surface area contributed by atoms with Crippen LogP contribution >= 0.6 is 0 Å². The van der Waals surface area contributed by atoms with Gasteiger partial charge in [0.15, 0.2) is 0 Å². The minimum Gasteiger partial charge on any atom is -0.494 e. The van der Waals surface area contributed by atoms with Crippen molar-refractivity contribution in [2.24, 2.45) is 0 Å². The monoisotopic (exact) mass is 402 g/mol. The van der Waals surface area contributed by atoms with E-state index in [9.17, 15) is 13.2 Å². The number of ether oxygens (including phenoxy) is 1. The summed E-state index contributed by atoms with van der Waals surface area (Å²) < 4.78 is 30.4. The molecule has 2 rings (SSSR count). The van der Waals surface area contributed by atoms with Gasteiger partial charge in [0.2, 0.25) is 10.0 Å². The van der Waals surface area contributed by atoms with Crippen molar-refractivity contribution < 1.29 is 17.9 Å². The summed E-state index contributed by atoms with van der Waals surface area (Å²) in [6.07, 6.45) is 2.65. The molecule has 7 heteroatoms. The standard InChI is InChI=1S/C21H26N2O4S/c1-5-15-23(28(4,25)26)19-11-7-18(8-12-19)21(24)22-16(3)17-9-13-20(14-10-17)27-6-2/h5,7-14,16H,1,6,15H2,2-4H3,(H,22,24)/t16-/m1/s1. The second-order valence-electron chi connectivity index (χ2n) is 6.33. The van der Waals surface area contributed by atoms with Crippen molar-refractivity contribution in [1.82, 2.24) is 5.32 Å². The van der Waals surface area contributed by atoms with E-state index < -0.39 is 10.0 Å². The largest absolute Gasteiger partial charge is 0.494 e. The number of nitrogens with zero attached hydrogens (tertiary/aromatic N) is 1. The van der Waals surface area contributed by atoms with Crippen LogP contribution in [-0.4, -0.2) is 33.7 Å². The number of carbonyl (C=O) groups excluding carboxylic acids is 1.